The minimum atomic E-state index is -0.939. The number of amides is 1. The molecule has 1 heterocycles. The first kappa shape index (κ1) is 23.9. The van der Waals surface area contributed by atoms with Crippen molar-refractivity contribution in [2.24, 2.45) is 0 Å². The second-order valence-electron chi connectivity index (χ2n) is 7.75. The van der Waals surface area contributed by atoms with Crippen molar-refractivity contribution in [1.82, 2.24) is 0 Å². The van der Waals surface area contributed by atoms with Gasteiger partial charge >= 0.3 is 0 Å². The first-order valence-electron chi connectivity index (χ1n) is 11.4. The van der Waals surface area contributed by atoms with E-state index in [2.05, 4.69) is 5.32 Å². The maximum Gasteiger partial charge on any atom is 0.265 e. The van der Waals surface area contributed by atoms with Crippen LogP contribution in [0.5, 0.6) is 17.2 Å². The lowest BCUT2D eigenvalue weighted by Crippen LogP contribution is -2.34. The number of para-hydroxylation sites is 3. The van der Waals surface area contributed by atoms with Gasteiger partial charge in [0.05, 0.1) is 24.8 Å². The maximum absolute atomic E-state index is 13.5. The molecule has 0 aliphatic heterocycles. The Bertz CT molecular complexity index is 1380. The largest absolute Gasteiger partial charge is 0.497 e. The van der Waals surface area contributed by atoms with Crippen molar-refractivity contribution in [3.05, 3.63) is 83.0 Å². The third-order valence-electron chi connectivity index (χ3n) is 5.48. The average Bonchev–Trinajstić information content (AvgIpc) is 2.89. The van der Waals surface area contributed by atoms with Gasteiger partial charge in [-0.15, -0.1) is 0 Å². The highest BCUT2D eigenvalue weighted by Gasteiger charge is 2.25. The quantitative estimate of drug-likeness (QED) is 0.337. The highest BCUT2D eigenvalue weighted by molar-refractivity contribution is 5.96. The van der Waals surface area contributed by atoms with Crippen LogP contribution in [0.25, 0.3) is 22.3 Å². The Morgan fingerprint density at radius 3 is 2.40 bits per heavy atom. The molecule has 1 unspecified atom stereocenters. The van der Waals surface area contributed by atoms with Gasteiger partial charge in [-0.2, -0.15) is 0 Å². The number of carbonyl (C=O) groups is 1. The van der Waals surface area contributed by atoms with Gasteiger partial charge < -0.3 is 23.9 Å². The van der Waals surface area contributed by atoms with E-state index in [-0.39, 0.29) is 16.9 Å². The van der Waals surface area contributed by atoms with E-state index in [1.165, 1.54) is 0 Å². The van der Waals surface area contributed by atoms with E-state index >= 15 is 0 Å². The molecule has 1 atom stereocenters. The molecule has 35 heavy (non-hydrogen) atoms. The van der Waals surface area contributed by atoms with Gasteiger partial charge in [0.2, 0.25) is 11.2 Å². The van der Waals surface area contributed by atoms with Crippen LogP contribution in [0.2, 0.25) is 0 Å². The molecular formula is C28H27NO6. The van der Waals surface area contributed by atoms with Crippen molar-refractivity contribution in [2.45, 2.75) is 26.4 Å². The predicted octanol–water partition coefficient (Wildman–Crippen LogP) is 5.66. The summed E-state index contributed by atoms with van der Waals surface area (Å²) in [6.45, 7) is 4.15. The van der Waals surface area contributed by atoms with E-state index in [0.717, 1.165) is 0 Å². The second kappa shape index (κ2) is 10.8. The minimum Gasteiger partial charge on any atom is -0.497 e. The predicted molar refractivity (Wildman–Crippen MR) is 135 cm³/mol. The van der Waals surface area contributed by atoms with Crippen LogP contribution in [0.4, 0.5) is 5.69 Å². The fraction of sp³-hybridized carbons (Fsp3) is 0.214. The zero-order valence-corrected chi connectivity index (χ0v) is 19.9. The smallest absolute Gasteiger partial charge is 0.265 e. The second-order valence-corrected chi connectivity index (χ2v) is 7.75. The summed E-state index contributed by atoms with van der Waals surface area (Å²) in [4.78, 5) is 26.6. The Hall–Kier alpha value is -4.26. The minimum absolute atomic E-state index is 0.0195. The molecular weight excluding hydrogens is 446 g/mol. The lowest BCUT2D eigenvalue weighted by atomic mass is 10.1. The molecule has 0 spiro atoms. The van der Waals surface area contributed by atoms with E-state index in [1.807, 2.05) is 19.9 Å². The van der Waals surface area contributed by atoms with E-state index in [0.29, 0.717) is 46.7 Å². The molecule has 0 aliphatic carbocycles. The van der Waals surface area contributed by atoms with Crippen LogP contribution in [0.1, 0.15) is 20.3 Å². The summed E-state index contributed by atoms with van der Waals surface area (Å²) in [5.41, 5.74) is 1.24. The summed E-state index contributed by atoms with van der Waals surface area (Å²) in [5.74, 6) is 1.06. The van der Waals surface area contributed by atoms with E-state index in [4.69, 9.17) is 18.6 Å². The van der Waals surface area contributed by atoms with Crippen molar-refractivity contribution in [3.63, 3.8) is 0 Å². The lowest BCUT2D eigenvalue weighted by Gasteiger charge is -2.20. The van der Waals surface area contributed by atoms with Crippen molar-refractivity contribution in [2.75, 3.05) is 19.0 Å². The first-order valence-corrected chi connectivity index (χ1v) is 11.4. The SMILES string of the molecule is CCOc1ccccc1NC(=O)C(CC)Oc1c(-c2ccc(OC)cc2)oc2ccccc2c1=O. The molecule has 1 aromatic heterocycles. The Balaban J connectivity index is 1.72. The molecule has 3 aromatic carbocycles. The summed E-state index contributed by atoms with van der Waals surface area (Å²) >= 11 is 0. The molecule has 4 aromatic rings. The molecule has 4 rings (SSSR count). The zero-order chi connectivity index (χ0) is 24.8. The molecule has 0 saturated heterocycles. The van der Waals surface area contributed by atoms with Crippen LogP contribution in [0.15, 0.2) is 82.0 Å². The van der Waals surface area contributed by atoms with Gasteiger partial charge in [-0.1, -0.05) is 31.2 Å². The van der Waals surface area contributed by atoms with Crippen LogP contribution in [-0.4, -0.2) is 25.7 Å². The van der Waals surface area contributed by atoms with Crippen LogP contribution < -0.4 is 25.0 Å². The molecule has 0 fully saturated rings. The maximum atomic E-state index is 13.5. The molecule has 180 valence electrons. The fourth-order valence-corrected chi connectivity index (χ4v) is 3.69. The van der Waals surface area contributed by atoms with Gasteiger partial charge in [0.1, 0.15) is 17.1 Å². The zero-order valence-electron chi connectivity index (χ0n) is 19.9. The number of rotatable bonds is 9. The molecule has 0 saturated carbocycles. The Morgan fingerprint density at radius 1 is 0.971 bits per heavy atom. The highest BCUT2D eigenvalue weighted by Crippen LogP contribution is 2.33. The third kappa shape index (κ3) is 5.14. The summed E-state index contributed by atoms with van der Waals surface area (Å²) in [6, 6.07) is 21.2. The number of methoxy groups -OCH3 is 1. The van der Waals surface area contributed by atoms with E-state index in [1.54, 1.807) is 73.8 Å². The molecule has 1 N–H and O–H groups in total. The first-order chi connectivity index (χ1) is 17.0. The Morgan fingerprint density at radius 2 is 1.69 bits per heavy atom. The van der Waals surface area contributed by atoms with Crippen LogP contribution in [0, 0.1) is 0 Å². The van der Waals surface area contributed by atoms with Gasteiger partial charge in [0, 0.05) is 5.56 Å². The Kier molecular flexibility index (Phi) is 7.35. The van der Waals surface area contributed by atoms with Crippen molar-refractivity contribution < 1.29 is 23.4 Å². The average molecular weight is 474 g/mol. The number of hydrogen-bond acceptors (Lipinski definition) is 6. The van der Waals surface area contributed by atoms with Crippen LogP contribution >= 0.6 is 0 Å². The van der Waals surface area contributed by atoms with E-state index in [9.17, 15) is 9.59 Å². The fourth-order valence-electron chi connectivity index (χ4n) is 3.69. The number of benzene rings is 3. The Labute approximate surface area is 203 Å². The topological polar surface area (TPSA) is 87.0 Å². The number of fused-ring (bicyclic) bond motifs is 1. The molecule has 7 heteroatoms. The molecule has 0 radical (unpaired) electrons. The standard InChI is InChI=1S/C28H27NO6/c1-4-22(28(31)29-21-11-7-9-13-24(21)33-5-2)34-27-25(30)20-10-6-8-12-23(20)35-26(27)18-14-16-19(32-3)17-15-18/h6-17,22H,4-5H2,1-3H3,(H,29,31). The van der Waals surface area contributed by atoms with Gasteiger partial charge in [0.15, 0.2) is 11.9 Å². The normalized spacial score (nSPS) is 11.6. The number of ether oxygens (including phenoxy) is 3. The molecule has 1 amide bonds. The van der Waals surface area contributed by atoms with Gasteiger partial charge in [-0.25, -0.2) is 0 Å². The van der Waals surface area contributed by atoms with E-state index < -0.39 is 12.0 Å². The summed E-state index contributed by atoms with van der Waals surface area (Å²) in [7, 11) is 1.58. The number of anilines is 1. The van der Waals surface area contributed by atoms with Gasteiger partial charge in [0.25, 0.3) is 5.91 Å². The molecule has 0 aliphatic rings. The third-order valence-corrected chi connectivity index (χ3v) is 5.48. The van der Waals surface area contributed by atoms with Gasteiger partial charge in [-0.05, 0) is 61.9 Å². The monoisotopic (exact) mass is 473 g/mol. The summed E-state index contributed by atoms with van der Waals surface area (Å²) in [5, 5.41) is 3.23. The van der Waals surface area contributed by atoms with Crippen molar-refractivity contribution in [3.8, 4) is 28.6 Å². The van der Waals surface area contributed by atoms with Crippen LogP contribution in [0.3, 0.4) is 0 Å². The summed E-state index contributed by atoms with van der Waals surface area (Å²) in [6.07, 6.45) is -0.609. The molecule has 7 nitrogen and oxygen atoms in total. The number of hydrogen-bond donors (Lipinski definition) is 1. The summed E-state index contributed by atoms with van der Waals surface area (Å²) < 4.78 is 23.0. The number of carbonyl (C=O) groups excluding carboxylic acids is 1. The number of nitrogens with one attached hydrogen (secondary N) is 1. The van der Waals surface area contributed by atoms with Crippen molar-refractivity contribution >= 4 is 22.6 Å². The van der Waals surface area contributed by atoms with Crippen molar-refractivity contribution in [1.29, 1.82) is 0 Å². The van der Waals surface area contributed by atoms with Crippen LogP contribution in [-0.2, 0) is 4.79 Å². The lowest BCUT2D eigenvalue weighted by molar-refractivity contribution is -0.122. The molecule has 0 bridgehead atoms. The van der Waals surface area contributed by atoms with Gasteiger partial charge in [-0.3, -0.25) is 9.59 Å². The highest BCUT2D eigenvalue weighted by atomic mass is 16.5.